The summed E-state index contributed by atoms with van der Waals surface area (Å²) < 4.78 is 28.5. The first-order chi connectivity index (χ1) is 20.1. The maximum Gasteiger partial charge on any atom is 0.288 e. The average Bonchev–Trinajstić information content (AvgIpc) is 3.41. The summed E-state index contributed by atoms with van der Waals surface area (Å²) in [6.07, 6.45) is 4.68. The monoisotopic (exact) mass is 610 g/mol. The maximum atomic E-state index is 13.8. The molecule has 42 heavy (non-hydrogen) atoms. The van der Waals surface area contributed by atoms with Gasteiger partial charge in [0.1, 0.15) is 5.03 Å². The number of amides is 3. The van der Waals surface area contributed by atoms with E-state index < -0.39 is 52.7 Å². The van der Waals surface area contributed by atoms with Crippen molar-refractivity contribution < 1.29 is 22.8 Å². The predicted molar refractivity (Wildman–Crippen MR) is 150 cm³/mol. The molecule has 3 amide bonds. The number of primary amides is 1. The van der Waals surface area contributed by atoms with Crippen LogP contribution >= 0.6 is 11.6 Å². The van der Waals surface area contributed by atoms with Crippen LogP contribution in [-0.2, 0) is 19.6 Å². The number of hydrogen-bond acceptors (Lipinski definition) is 9. The second-order valence-corrected chi connectivity index (χ2v) is 11.9. The van der Waals surface area contributed by atoms with Crippen LogP contribution in [0.4, 0.5) is 0 Å². The second kappa shape index (κ2) is 11.7. The van der Waals surface area contributed by atoms with E-state index >= 15 is 0 Å². The van der Waals surface area contributed by atoms with Crippen LogP contribution in [0.25, 0.3) is 22.3 Å². The number of sulfonamides is 1. The average molecular weight is 611 g/mol. The van der Waals surface area contributed by atoms with Gasteiger partial charge in [-0.3, -0.25) is 19.4 Å². The largest absolute Gasteiger partial charge is 0.370 e. The molecular weight excluding hydrogens is 588 g/mol. The van der Waals surface area contributed by atoms with Gasteiger partial charge in [0, 0.05) is 71.0 Å². The number of H-pyrrole nitrogens is 1. The lowest BCUT2D eigenvalue weighted by atomic mass is 10.0. The smallest absolute Gasteiger partial charge is 0.288 e. The van der Waals surface area contributed by atoms with E-state index in [0.29, 0.717) is 27.3 Å². The molecule has 5 rings (SSSR count). The van der Waals surface area contributed by atoms with Gasteiger partial charge in [-0.2, -0.15) is 4.31 Å². The highest BCUT2D eigenvalue weighted by Gasteiger charge is 2.44. The fourth-order valence-corrected chi connectivity index (χ4v) is 6.65. The third kappa shape index (κ3) is 5.88. The van der Waals surface area contributed by atoms with E-state index in [2.05, 4.69) is 25.1 Å². The number of piperazine rings is 1. The first-order valence-corrected chi connectivity index (χ1v) is 14.4. The number of nitroso groups, excluding NO2 is 1. The first-order valence-electron chi connectivity index (χ1n) is 12.5. The van der Waals surface area contributed by atoms with Gasteiger partial charge in [0.25, 0.3) is 21.8 Å². The second-order valence-electron chi connectivity index (χ2n) is 9.60. The standard InChI is InChI=1S/C26H23ClN8O6S/c27-18-1-2-21-16(7-18)8-24(32-21)42(40,41)34-13-19(9-22(28)36)35(20(14-34)10-23(37)33-39)26(38)17-11-30-25(31-12-17)15-3-5-29-6-4-15/h1-8,11-12,19-20,32H,9-10,13-14H2,(H2,28,36). The number of aromatic nitrogens is 4. The Hall–Kier alpha value is -4.60. The zero-order valence-electron chi connectivity index (χ0n) is 21.8. The van der Waals surface area contributed by atoms with Crippen molar-refractivity contribution in [2.45, 2.75) is 30.0 Å². The number of pyridine rings is 1. The number of nitrogens with two attached hydrogens (primary N) is 1. The number of carbonyl (C=O) groups excluding carboxylic acids is 3. The van der Waals surface area contributed by atoms with Gasteiger partial charge >= 0.3 is 0 Å². The minimum Gasteiger partial charge on any atom is -0.370 e. The number of fused-ring (bicyclic) bond motifs is 1. The molecule has 1 aliphatic rings. The summed E-state index contributed by atoms with van der Waals surface area (Å²) in [6, 6.07) is 7.37. The lowest BCUT2D eigenvalue weighted by Gasteiger charge is -2.45. The van der Waals surface area contributed by atoms with Gasteiger partial charge in [-0.25, -0.2) is 18.4 Å². The lowest BCUT2D eigenvalue weighted by Crippen LogP contribution is -2.62. The van der Waals surface area contributed by atoms with Crippen molar-refractivity contribution in [2.75, 3.05) is 13.1 Å². The predicted octanol–water partition coefficient (Wildman–Crippen LogP) is 2.12. The number of rotatable bonds is 8. The number of hydrogen-bond donors (Lipinski definition) is 2. The topological polar surface area (TPSA) is 202 Å². The minimum absolute atomic E-state index is 0.0163. The van der Waals surface area contributed by atoms with Gasteiger partial charge in [-0.05, 0) is 36.4 Å². The normalized spacial score (nSPS) is 17.7. The van der Waals surface area contributed by atoms with E-state index in [1.807, 2.05) is 0 Å². The summed E-state index contributed by atoms with van der Waals surface area (Å²) in [5, 5.41) is 3.24. The van der Waals surface area contributed by atoms with Gasteiger partial charge in [-0.1, -0.05) is 11.6 Å². The molecule has 3 N–H and O–H groups in total. The molecule has 2 unspecified atom stereocenters. The van der Waals surface area contributed by atoms with Crippen LogP contribution in [-0.4, -0.2) is 80.5 Å². The summed E-state index contributed by atoms with van der Waals surface area (Å²) in [6.45, 7) is -0.682. The molecule has 4 aromatic rings. The van der Waals surface area contributed by atoms with Crippen LogP contribution in [0.5, 0.6) is 0 Å². The van der Waals surface area contributed by atoms with Gasteiger partial charge < -0.3 is 15.6 Å². The number of aromatic amines is 1. The molecule has 0 aliphatic carbocycles. The Morgan fingerprint density at radius 2 is 1.69 bits per heavy atom. The van der Waals surface area contributed by atoms with E-state index in [1.165, 1.54) is 23.4 Å². The third-order valence-corrected chi connectivity index (χ3v) is 8.80. The summed E-state index contributed by atoms with van der Waals surface area (Å²) >= 11 is 6.04. The van der Waals surface area contributed by atoms with Gasteiger partial charge in [-0.15, -0.1) is 4.91 Å². The Morgan fingerprint density at radius 3 is 2.33 bits per heavy atom. The van der Waals surface area contributed by atoms with Crippen LogP contribution in [0, 0.1) is 4.91 Å². The zero-order chi connectivity index (χ0) is 30.0. The van der Waals surface area contributed by atoms with Crippen molar-refractivity contribution in [3.8, 4) is 11.4 Å². The molecule has 16 heteroatoms. The molecule has 1 saturated heterocycles. The molecule has 0 spiro atoms. The molecular formula is C26H23ClN8O6S. The molecule has 3 aromatic heterocycles. The molecule has 1 fully saturated rings. The lowest BCUT2D eigenvalue weighted by molar-refractivity contribution is -0.120. The Morgan fingerprint density at radius 1 is 1.02 bits per heavy atom. The summed E-state index contributed by atoms with van der Waals surface area (Å²) in [7, 11) is -4.24. The van der Waals surface area contributed by atoms with E-state index in [-0.39, 0.29) is 23.7 Å². The molecule has 1 aromatic carbocycles. The van der Waals surface area contributed by atoms with Crippen LogP contribution in [0.1, 0.15) is 23.2 Å². The SMILES string of the molecule is NC(=O)CC1CN(S(=O)(=O)c2cc3cc(Cl)ccc3[nH]2)CC(CC(=O)N=O)N1C(=O)c1cnc(-c2ccncc2)nc1. The third-order valence-electron chi connectivity index (χ3n) is 6.81. The number of halogens is 1. The van der Waals surface area contributed by atoms with E-state index in [4.69, 9.17) is 17.3 Å². The van der Waals surface area contributed by atoms with E-state index in [0.717, 1.165) is 4.31 Å². The number of carbonyl (C=O) groups is 3. The molecule has 0 saturated carbocycles. The fraction of sp³-hybridized carbons (Fsp3) is 0.231. The molecule has 0 bridgehead atoms. The molecule has 2 atom stereocenters. The first kappa shape index (κ1) is 28.9. The fourth-order valence-electron chi connectivity index (χ4n) is 4.94. The van der Waals surface area contributed by atoms with Crippen LogP contribution < -0.4 is 5.73 Å². The van der Waals surface area contributed by atoms with Crippen LogP contribution in [0.2, 0.25) is 5.02 Å². The zero-order valence-corrected chi connectivity index (χ0v) is 23.3. The number of nitrogens with one attached hydrogen (secondary N) is 1. The van der Waals surface area contributed by atoms with E-state index in [9.17, 15) is 27.7 Å². The quantitative estimate of drug-likeness (QED) is 0.280. The minimum atomic E-state index is -4.24. The highest BCUT2D eigenvalue weighted by molar-refractivity contribution is 7.89. The summed E-state index contributed by atoms with van der Waals surface area (Å²) in [5.41, 5.74) is 6.68. The van der Waals surface area contributed by atoms with Crippen molar-refractivity contribution in [3.63, 3.8) is 0 Å². The molecule has 0 radical (unpaired) electrons. The van der Waals surface area contributed by atoms with E-state index in [1.54, 1.807) is 42.7 Å². The van der Waals surface area contributed by atoms with Crippen molar-refractivity contribution >= 4 is 50.2 Å². The van der Waals surface area contributed by atoms with Crippen molar-refractivity contribution in [2.24, 2.45) is 10.9 Å². The number of nitrogens with zero attached hydrogens (tertiary/aromatic N) is 6. The summed E-state index contributed by atoms with van der Waals surface area (Å²) in [4.78, 5) is 65.5. The van der Waals surface area contributed by atoms with Crippen LogP contribution in [0.3, 0.4) is 0 Å². The van der Waals surface area contributed by atoms with Gasteiger partial charge in [0.15, 0.2) is 5.82 Å². The Kier molecular flexibility index (Phi) is 8.06. The van der Waals surface area contributed by atoms with Crippen molar-refractivity contribution in [3.05, 3.63) is 76.7 Å². The molecule has 1 aliphatic heterocycles. The Labute approximate surface area is 243 Å². The van der Waals surface area contributed by atoms with Crippen molar-refractivity contribution in [1.29, 1.82) is 0 Å². The Balaban J connectivity index is 1.50. The molecule has 14 nitrogen and oxygen atoms in total. The van der Waals surface area contributed by atoms with Gasteiger partial charge in [0.2, 0.25) is 5.91 Å². The maximum absolute atomic E-state index is 13.8. The summed E-state index contributed by atoms with van der Waals surface area (Å²) in [5.74, 6) is -2.25. The number of benzene rings is 1. The van der Waals surface area contributed by atoms with Crippen molar-refractivity contribution in [1.82, 2.24) is 29.1 Å². The van der Waals surface area contributed by atoms with Gasteiger partial charge in [0.05, 0.1) is 24.1 Å². The Bertz CT molecular complexity index is 1780. The molecule has 4 heterocycles. The van der Waals surface area contributed by atoms with Crippen LogP contribution in [0.15, 0.2) is 71.4 Å². The highest BCUT2D eigenvalue weighted by Crippen LogP contribution is 2.30. The highest BCUT2D eigenvalue weighted by atomic mass is 35.5. The molecule has 216 valence electrons.